The summed E-state index contributed by atoms with van der Waals surface area (Å²) in [6.45, 7) is 5.04. The number of hydrogen-bond acceptors (Lipinski definition) is 4. The maximum absolute atomic E-state index is 12.1. The molecule has 0 aliphatic heterocycles. The molecule has 0 aliphatic carbocycles. The van der Waals surface area contributed by atoms with E-state index in [-0.39, 0.29) is 23.0 Å². The summed E-state index contributed by atoms with van der Waals surface area (Å²) in [5.74, 6) is -1.69. The molecule has 2 N–H and O–H groups in total. The molecule has 0 heterocycles. The summed E-state index contributed by atoms with van der Waals surface area (Å²) in [4.78, 5) is 36.0. The van der Waals surface area contributed by atoms with Gasteiger partial charge in [-0.25, -0.2) is 4.79 Å². The molecule has 2 amide bonds. The third-order valence-electron chi connectivity index (χ3n) is 3.87. The van der Waals surface area contributed by atoms with Gasteiger partial charge < -0.3 is 15.4 Å². The lowest BCUT2D eigenvalue weighted by atomic mass is 10.1. The number of esters is 1. The van der Waals surface area contributed by atoms with Gasteiger partial charge in [0.05, 0.1) is 17.1 Å². The van der Waals surface area contributed by atoms with E-state index in [4.69, 9.17) is 16.3 Å². The van der Waals surface area contributed by atoms with Crippen LogP contribution in [0.5, 0.6) is 0 Å². The number of carbonyl (C=O) groups excluding carboxylic acids is 3. The molecule has 0 saturated carbocycles. The largest absolute Gasteiger partial charge is 0.452 e. The number of halogens is 2. The van der Waals surface area contributed by atoms with E-state index in [1.807, 2.05) is 32.9 Å². The highest BCUT2D eigenvalue weighted by molar-refractivity contribution is 9.10. The van der Waals surface area contributed by atoms with Gasteiger partial charge in [-0.3, -0.25) is 9.59 Å². The number of aryl methyl sites for hydroxylation is 3. The Balaban J connectivity index is 1.83. The number of nitrogens with one attached hydrogen (secondary N) is 2. The monoisotopic (exact) mass is 466 g/mol. The lowest BCUT2D eigenvalue weighted by Crippen LogP contribution is -2.35. The van der Waals surface area contributed by atoms with Crippen molar-refractivity contribution in [2.24, 2.45) is 0 Å². The SMILES string of the molecule is Cc1cc(C)c(NC(=O)CNC(=O)COC(=O)c2cc(Br)ccc2Cl)c(C)c1. The molecule has 6 nitrogen and oxygen atoms in total. The van der Waals surface area contributed by atoms with Crippen LogP contribution in [0.15, 0.2) is 34.8 Å². The number of carbonyl (C=O) groups is 3. The van der Waals surface area contributed by atoms with Gasteiger partial charge in [0.25, 0.3) is 5.91 Å². The maximum atomic E-state index is 12.1. The van der Waals surface area contributed by atoms with Crippen molar-refractivity contribution < 1.29 is 19.1 Å². The summed E-state index contributed by atoms with van der Waals surface area (Å²) in [6, 6.07) is 8.66. The van der Waals surface area contributed by atoms with Crippen molar-refractivity contribution in [3.05, 3.63) is 62.1 Å². The number of rotatable bonds is 6. The molecule has 2 rings (SSSR count). The van der Waals surface area contributed by atoms with Crippen LogP contribution in [0.2, 0.25) is 5.02 Å². The molecular formula is C20H20BrClN2O4. The third kappa shape index (κ3) is 6.07. The standard InChI is InChI=1S/C20H20BrClN2O4/c1-11-6-12(2)19(13(3)7-11)24-17(25)9-23-18(26)10-28-20(27)15-8-14(21)4-5-16(15)22/h4-8H,9-10H2,1-3H3,(H,23,26)(H,24,25). The fourth-order valence-electron chi connectivity index (χ4n) is 2.65. The Morgan fingerprint density at radius 3 is 2.32 bits per heavy atom. The van der Waals surface area contributed by atoms with Crippen LogP contribution in [0, 0.1) is 20.8 Å². The molecule has 0 aromatic heterocycles. The van der Waals surface area contributed by atoms with E-state index >= 15 is 0 Å². The smallest absolute Gasteiger partial charge is 0.340 e. The Labute approximate surface area is 176 Å². The van der Waals surface area contributed by atoms with E-state index < -0.39 is 18.5 Å². The molecule has 0 bridgehead atoms. The fraction of sp³-hybridized carbons (Fsp3) is 0.250. The highest BCUT2D eigenvalue weighted by Gasteiger charge is 2.15. The van der Waals surface area contributed by atoms with Crippen LogP contribution in [0.25, 0.3) is 0 Å². The molecule has 2 aromatic carbocycles. The maximum Gasteiger partial charge on any atom is 0.340 e. The molecule has 8 heteroatoms. The first-order chi connectivity index (χ1) is 13.2. The predicted molar refractivity (Wildman–Crippen MR) is 112 cm³/mol. The van der Waals surface area contributed by atoms with Crippen molar-refractivity contribution in [3.63, 3.8) is 0 Å². The van der Waals surface area contributed by atoms with Crippen LogP contribution in [0.1, 0.15) is 27.0 Å². The molecule has 0 spiro atoms. The quantitative estimate of drug-likeness (QED) is 0.630. The van der Waals surface area contributed by atoms with E-state index in [2.05, 4.69) is 26.6 Å². The average Bonchev–Trinajstić information content (AvgIpc) is 2.62. The van der Waals surface area contributed by atoms with Crippen molar-refractivity contribution in [3.8, 4) is 0 Å². The second-order valence-electron chi connectivity index (χ2n) is 6.30. The molecule has 0 fully saturated rings. The number of amides is 2. The van der Waals surface area contributed by atoms with Crippen LogP contribution in [-0.2, 0) is 14.3 Å². The summed E-state index contributed by atoms with van der Waals surface area (Å²) in [5.41, 5.74) is 3.86. The summed E-state index contributed by atoms with van der Waals surface area (Å²) < 4.78 is 5.60. The molecule has 0 radical (unpaired) electrons. The van der Waals surface area contributed by atoms with Crippen molar-refractivity contribution in [2.75, 3.05) is 18.5 Å². The van der Waals surface area contributed by atoms with Crippen LogP contribution >= 0.6 is 27.5 Å². The number of ether oxygens (including phenoxy) is 1. The molecule has 2 aromatic rings. The van der Waals surface area contributed by atoms with Crippen LogP contribution < -0.4 is 10.6 Å². The highest BCUT2D eigenvalue weighted by Crippen LogP contribution is 2.22. The first kappa shape index (κ1) is 21.9. The van der Waals surface area contributed by atoms with Gasteiger partial charge in [0.15, 0.2) is 6.61 Å². The second-order valence-corrected chi connectivity index (χ2v) is 7.62. The van der Waals surface area contributed by atoms with Gasteiger partial charge in [0, 0.05) is 10.2 Å². The molecule has 0 atom stereocenters. The molecule has 0 saturated heterocycles. The first-order valence-corrected chi connectivity index (χ1v) is 9.61. The van der Waals surface area contributed by atoms with Gasteiger partial charge >= 0.3 is 5.97 Å². The van der Waals surface area contributed by atoms with Crippen molar-refractivity contribution in [2.45, 2.75) is 20.8 Å². The van der Waals surface area contributed by atoms with Crippen LogP contribution in [0.4, 0.5) is 5.69 Å². The van der Waals surface area contributed by atoms with Crippen molar-refractivity contribution in [1.82, 2.24) is 5.32 Å². The predicted octanol–water partition coefficient (Wildman–Crippen LogP) is 3.94. The number of benzene rings is 2. The van der Waals surface area contributed by atoms with Crippen LogP contribution in [-0.4, -0.2) is 30.9 Å². The zero-order valence-electron chi connectivity index (χ0n) is 15.7. The highest BCUT2D eigenvalue weighted by atomic mass is 79.9. The summed E-state index contributed by atoms with van der Waals surface area (Å²) in [6.07, 6.45) is 0. The summed E-state index contributed by atoms with van der Waals surface area (Å²) in [5, 5.41) is 5.42. The normalized spacial score (nSPS) is 10.3. The van der Waals surface area contributed by atoms with Gasteiger partial charge in [-0.05, 0) is 50.1 Å². The molecular weight excluding hydrogens is 448 g/mol. The lowest BCUT2D eigenvalue weighted by Gasteiger charge is -2.13. The van der Waals surface area contributed by atoms with E-state index in [9.17, 15) is 14.4 Å². The fourth-order valence-corrected chi connectivity index (χ4v) is 3.21. The topological polar surface area (TPSA) is 84.5 Å². The van der Waals surface area contributed by atoms with Crippen molar-refractivity contribution >= 4 is 51.0 Å². The van der Waals surface area contributed by atoms with Crippen LogP contribution in [0.3, 0.4) is 0 Å². The summed E-state index contributed by atoms with van der Waals surface area (Å²) in [7, 11) is 0. The lowest BCUT2D eigenvalue weighted by molar-refractivity contribution is -0.126. The van der Waals surface area contributed by atoms with E-state index in [1.165, 1.54) is 6.07 Å². The van der Waals surface area contributed by atoms with Gasteiger partial charge in [0.2, 0.25) is 5.91 Å². The number of hydrogen-bond donors (Lipinski definition) is 2. The minimum absolute atomic E-state index is 0.145. The molecule has 0 aliphatic rings. The Kier molecular flexibility index (Phi) is 7.60. The van der Waals surface area contributed by atoms with Gasteiger partial charge in [-0.15, -0.1) is 0 Å². The van der Waals surface area contributed by atoms with Gasteiger partial charge in [-0.1, -0.05) is 45.2 Å². The zero-order valence-corrected chi connectivity index (χ0v) is 18.0. The second kappa shape index (κ2) is 9.71. The summed E-state index contributed by atoms with van der Waals surface area (Å²) >= 11 is 9.18. The van der Waals surface area contributed by atoms with E-state index in [0.717, 1.165) is 22.4 Å². The zero-order chi connectivity index (χ0) is 20.8. The average molecular weight is 468 g/mol. The Morgan fingerprint density at radius 2 is 1.68 bits per heavy atom. The van der Waals surface area contributed by atoms with Gasteiger partial charge in [0.1, 0.15) is 0 Å². The van der Waals surface area contributed by atoms with E-state index in [1.54, 1.807) is 12.1 Å². The van der Waals surface area contributed by atoms with E-state index in [0.29, 0.717) is 4.47 Å². The minimum atomic E-state index is -0.725. The molecule has 28 heavy (non-hydrogen) atoms. The third-order valence-corrected chi connectivity index (χ3v) is 4.69. The molecule has 0 unspecified atom stereocenters. The van der Waals surface area contributed by atoms with Crippen molar-refractivity contribution in [1.29, 1.82) is 0 Å². The van der Waals surface area contributed by atoms with Gasteiger partial charge in [-0.2, -0.15) is 0 Å². The Hall–Kier alpha value is -2.38. The number of anilines is 1. The Bertz CT molecular complexity index is 907. The Morgan fingerprint density at radius 1 is 1.04 bits per heavy atom. The molecule has 148 valence electrons. The minimum Gasteiger partial charge on any atom is -0.452 e. The first-order valence-electron chi connectivity index (χ1n) is 8.44.